The van der Waals surface area contributed by atoms with Gasteiger partial charge in [-0.1, -0.05) is 26.7 Å². The Kier molecular flexibility index (Phi) is 7.09. The molecule has 1 unspecified atom stereocenters. The molecule has 0 spiro atoms. The molecule has 1 fully saturated rings. The van der Waals surface area contributed by atoms with Crippen molar-refractivity contribution in [2.75, 3.05) is 33.4 Å². The van der Waals surface area contributed by atoms with Crippen LogP contribution in [0.5, 0.6) is 0 Å². The smallest absolute Gasteiger partial charge is 0.0589 e. The number of hydrogen-bond acceptors (Lipinski definition) is 3. The monoisotopic (exact) mass is 242 g/mol. The first-order valence-electron chi connectivity index (χ1n) is 7.10. The van der Waals surface area contributed by atoms with Gasteiger partial charge in [0.15, 0.2) is 0 Å². The topological polar surface area (TPSA) is 38.5 Å². The minimum atomic E-state index is 0.355. The highest BCUT2D eigenvalue weighted by Crippen LogP contribution is 2.27. The van der Waals surface area contributed by atoms with E-state index in [1.54, 1.807) is 7.11 Å². The van der Waals surface area contributed by atoms with Crippen LogP contribution >= 0.6 is 0 Å². The molecule has 2 N–H and O–H groups in total. The lowest BCUT2D eigenvalue weighted by atomic mass is 9.98. The molecular weight excluding hydrogens is 212 g/mol. The Bertz CT molecular complexity index is 191. The fourth-order valence-corrected chi connectivity index (χ4v) is 2.83. The van der Waals surface area contributed by atoms with Crippen LogP contribution in [0.4, 0.5) is 0 Å². The summed E-state index contributed by atoms with van der Waals surface area (Å²) in [6.45, 7) is 8.51. The second-order valence-corrected chi connectivity index (χ2v) is 5.85. The highest BCUT2D eigenvalue weighted by molar-refractivity contribution is 4.80. The van der Waals surface area contributed by atoms with Gasteiger partial charge in [-0.05, 0) is 24.7 Å². The van der Waals surface area contributed by atoms with E-state index >= 15 is 0 Å². The van der Waals surface area contributed by atoms with Gasteiger partial charge >= 0.3 is 0 Å². The molecular formula is C14H30N2O. The molecule has 1 saturated carbocycles. The second-order valence-electron chi connectivity index (χ2n) is 5.85. The van der Waals surface area contributed by atoms with E-state index < -0.39 is 0 Å². The molecule has 17 heavy (non-hydrogen) atoms. The summed E-state index contributed by atoms with van der Waals surface area (Å²) in [5.74, 6) is 1.45. The number of nitrogens with zero attached hydrogens (tertiary/aromatic N) is 1. The predicted molar refractivity (Wildman–Crippen MR) is 73.1 cm³/mol. The Morgan fingerprint density at radius 2 is 1.88 bits per heavy atom. The van der Waals surface area contributed by atoms with Crippen molar-refractivity contribution in [1.82, 2.24) is 4.90 Å². The number of rotatable bonds is 8. The van der Waals surface area contributed by atoms with E-state index in [-0.39, 0.29) is 0 Å². The van der Waals surface area contributed by atoms with Crippen molar-refractivity contribution < 1.29 is 4.74 Å². The number of hydrogen-bond donors (Lipinski definition) is 1. The zero-order valence-corrected chi connectivity index (χ0v) is 11.8. The van der Waals surface area contributed by atoms with Crippen molar-refractivity contribution in [3.63, 3.8) is 0 Å². The SMILES string of the molecule is COCCN(CC(C)C)CC(N)C1CCCC1. The van der Waals surface area contributed by atoms with Crippen LogP contribution < -0.4 is 5.73 Å². The molecule has 3 heteroatoms. The molecule has 0 aromatic carbocycles. The zero-order valence-electron chi connectivity index (χ0n) is 11.8. The summed E-state index contributed by atoms with van der Waals surface area (Å²) >= 11 is 0. The van der Waals surface area contributed by atoms with E-state index in [2.05, 4.69) is 18.7 Å². The van der Waals surface area contributed by atoms with Crippen LogP contribution in [0.25, 0.3) is 0 Å². The van der Waals surface area contributed by atoms with E-state index in [4.69, 9.17) is 10.5 Å². The molecule has 0 amide bonds. The van der Waals surface area contributed by atoms with Crippen molar-refractivity contribution in [2.24, 2.45) is 17.6 Å². The molecule has 1 aliphatic rings. The Morgan fingerprint density at radius 3 is 2.41 bits per heavy atom. The van der Waals surface area contributed by atoms with Crippen molar-refractivity contribution in [3.05, 3.63) is 0 Å². The van der Waals surface area contributed by atoms with E-state index in [0.29, 0.717) is 12.0 Å². The van der Waals surface area contributed by atoms with Gasteiger partial charge in [0.25, 0.3) is 0 Å². The van der Waals surface area contributed by atoms with Crippen molar-refractivity contribution in [2.45, 2.75) is 45.6 Å². The van der Waals surface area contributed by atoms with Crippen molar-refractivity contribution in [3.8, 4) is 0 Å². The van der Waals surface area contributed by atoms with E-state index in [1.807, 2.05) is 0 Å². The average Bonchev–Trinajstić information content (AvgIpc) is 2.78. The lowest BCUT2D eigenvalue weighted by Crippen LogP contribution is -2.44. The maximum atomic E-state index is 6.34. The van der Waals surface area contributed by atoms with E-state index in [9.17, 15) is 0 Å². The molecule has 0 aromatic heterocycles. The van der Waals surface area contributed by atoms with Gasteiger partial charge in [0.1, 0.15) is 0 Å². The zero-order chi connectivity index (χ0) is 12.7. The first kappa shape index (κ1) is 14.9. The van der Waals surface area contributed by atoms with Crippen molar-refractivity contribution in [1.29, 1.82) is 0 Å². The van der Waals surface area contributed by atoms with Crippen LogP contribution in [0.1, 0.15) is 39.5 Å². The van der Waals surface area contributed by atoms with Crippen LogP contribution in [0.15, 0.2) is 0 Å². The van der Waals surface area contributed by atoms with Gasteiger partial charge in [-0.25, -0.2) is 0 Å². The molecule has 0 aromatic rings. The Balaban J connectivity index is 2.34. The quantitative estimate of drug-likeness (QED) is 0.708. The highest BCUT2D eigenvalue weighted by Gasteiger charge is 2.23. The third-order valence-electron chi connectivity index (χ3n) is 3.71. The summed E-state index contributed by atoms with van der Waals surface area (Å²) in [7, 11) is 1.77. The summed E-state index contributed by atoms with van der Waals surface area (Å²) < 4.78 is 5.18. The lowest BCUT2D eigenvalue weighted by molar-refractivity contribution is 0.130. The fourth-order valence-electron chi connectivity index (χ4n) is 2.83. The number of methoxy groups -OCH3 is 1. The molecule has 0 saturated heterocycles. The van der Waals surface area contributed by atoms with Gasteiger partial charge in [-0.15, -0.1) is 0 Å². The molecule has 1 atom stereocenters. The minimum Gasteiger partial charge on any atom is -0.383 e. The summed E-state index contributed by atoms with van der Waals surface area (Å²) in [6.07, 6.45) is 5.42. The average molecular weight is 242 g/mol. The maximum absolute atomic E-state index is 6.34. The Morgan fingerprint density at radius 1 is 1.24 bits per heavy atom. The van der Waals surface area contributed by atoms with Crippen LogP contribution in [-0.2, 0) is 4.74 Å². The molecule has 0 radical (unpaired) electrons. The summed E-state index contributed by atoms with van der Waals surface area (Å²) in [5.41, 5.74) is 6.34. The van der Waals surface area contributed by atoms with Crippen molar-refractivity contribution >= 4 is 0 Å². The highest BCUT2D eigenvalue weighted by atomic mass is 16.5. The van der Waals surface area contributed by atoms with E-state index in [0.717, 1.165) is 32.2 Å². The minimum absolute atomic E-state index is 0.355. The summed E-state index contributed by atoms with van der Waals surface area (Å²) in [5, 5.41) is 0. The van der Waals surface area contributed by atoms with Crippen LogP contribution in [0, 0.1) is 11.8 Å². The first-order valence-corrected chi connectivity index (χ1v) is 7.10. The molecule has 0 bridgehead atoms. The Hall–Kier alpha value is -0.120. The van der Waals surface area contributed by atoms with Gasteiger partial charge in [0.05, 0.1) is 6.61 Å². The van der Waals surface area contributed by atoms with Gasteiger partial charge in [-0.2, -0.15) is 0 Å². The number of ether oxygens (including phenoxy) is 1. The number of nitrogens with two attached hydrogens (primary N) is 1. The third kappa shape index (κ3) is 5.84. The Labute approximate surface area is 107 Å². The molecule has 0 heterocycles. The van der Waals surface area contributed by atoms with Crippen LogP contribution in [0.3, 0.4) is 0 Å². The van der Waals surface area contributed by atoms with Gasteiger partial charge in [0, 0.05) is 32.8 Å². The molecule has 1 rings (SSSR count). The largest absolute Gasteiger partial charge is 0.383 e. The van der Waals surface area contributed by atoms with Gasteiger partial charge in [-0.3, -0.25) is 4.90 Å². The molecule has 102 valence electrons. The standard InChI is InChI=1S/C14H30N2O/c1-12(2)10-16(8-9-17-3)11-14(15)13-6-4-5-7-13/h12-14H,4-11,15H2,1-3H3. The first-order chi connectivity index (χ1) is 8.13. The second kappa shape index (κ2) is 8.06. The summed E-state index contributed by atoms with van der Waals surface area (Å²) in [6, 6.07) is 0.355. The molecule has 0 aliphatic heterocycles. The van der Waals surface area contributed by atoms with Crippen LogP contribution in [-0.4, -0.2) is 44.3 Å². The summed E-state index contributed by atoms with van der Waals surface area (Å²) in [4.78, 5) is 2.47. The third-order valence-corrected chi connectivity index (χ3v) is 3.71. The lowest BCUT2D eigenvalue weighted by Gasteiger charge is -2.29. The van der Waals surface area contributed by atoms with E-state index in [1.165, 1.54) is 25.7 Å². The molecule has 3 nitrogen and oxygen atoms in total. The normalized spacial score (nSPS) is 19.4. The maximum Gasteiger partial charge on any atom is 0.0589 e. The molecule has 1 aliphatic carbocycles. The van der Waals surface area contributed by atoms with Gasteiger partial charge < -0.3 is 10.5 Å². The fraction of sp³-hybridized carbons (Fsp3) is 1.00. The van der Waals surface area contributed by atoms with Gasteiger partial charge in [0.2, 0.25) is 0 Å². The predicted octanol–water partition coefficient (Wildman–Crippen LogP) is 2.11. The van der Waals surface area contributed by atoms with Crippen LogP contribution in [0.2, 0.25) is 0 Å².